The van der Waals surface area contributed by atoms with Crippen molar-refractivity contribution in [2.24, 2.45) is 29.1 Å². The van der Waals surface area contributed by atoms with Gasteiger partial charge in [0.1, 0.15) is 0 Å². The van der Waals surface area contributed by atoms with Gasteiger partial charge in [-0.05, 0) is 105 Å². The maximum absolute atomic E-state index is 12.0. The molecule has 0 aromatic carbocycles. The molecule has 0 bridgehead atoms. The van der Waals surface area contributed by atoms with Crippen molar-refractivity contribution < 1.29 is 15.0 Å². The Kier molecular flexibility index (Phi) is 4.22. The van der Waals surface area contributed by atoms with Crippen molar-refractivity contribution in [3.8, 4) is 0 Å². The Morgan fingerprint density at radius 3 is 2.67 bits per heavy atom. The summed E-state index contributed by atoms with van der Waals surface area (Å²) >= 11 is 0. The number of carbonyl (C=O) groups excluding carboxylic acids is 1. The summed E-state index contributed by atoms with van der Waals surface area (Å²) in [6, 6.07) is 0. The van der Waals surface area contributed by atoms with Crippen LogP contribution in [0, 0.1) is 29.1 Å². The van der Waals surface area contributed by atoms with Gasteiger partial charge in [0.2, 0.25) is 0 Å². The third-order valence-corrected chi connectivity index (χ3v) is 9.04. The first-order valence-electron chi connectivity index (χ1n) is 11.3. The molecule has 0 amide bonds. The normalized spacial score (nSPS) is 43.9. The minimum absolute atomic E-state index is 0.0180. The Bertz CT molecular complexity index is 715. The Hall–Kier alpha value is -0.930. The number of rotatable bonds is 4. The third-order valence-electron chi connectivity index (χ3n) is 9.04. The summed E-state index contributed by atoms with van der Waals surface area (Å²) in [4.78, 5) is 12.0. The van der Waals surface area contributed by atoms with E-state index in [9.17, 15) is 15.0 Å². The van der Waals surface area contributed by atoms with Crippen LogP contribution in [-0.2, 0) is 4.79 Å². The first kappa shape index (κ1) is 18.1. The van der Waals surface area contributed by atoms with Crippen LogP contribution in [0.4, 0.5) is 0 Å². The van der Waals surface area contributed by atoms with Crippen molar-refractivity contribution in [1.82, 2.24) is 0 Å². The molecule has 0 radical (unpaired) electrons. The molecule has 3 heteroatoms. The molecule has 0 spiro atoms. The van der Waals surface area contributed by atoms with Crippen LogP contribution in [-0.4, -0.2) is 28.2 Å². The van der Waals surface area contributed by atoms with Crippen LogP contribution in [0.1, 0.15) is 77.6 Å². The molecule has 0 aliphatic heterocycles. The fourth-order valence-electron chi connectivity index (χ4n) is 7.52. The molecule has 0 aromatic heterocycles. The summed E-state index contributed by atoms with van der Waals surface area (Å²) in [6.45, 7) is 2.55. The molecular weight excluding hydrogens is 336 g/mol. The number of ketones is 1. The topological polar surface area (TPSA) is 57.5 Å². The highest BCUT2D eigenvalue weighted by Crippen LogP contribution is 2.68. The number of aliphatic hydroxyl groups excluding tert-OH is 1. The molecular formula is C24H34O3. The van der Waals surface area contributed by atoms with Crippen molar-refractivity contribution in [3.05, 3.63) is 22.8 Å². The third kappa shape index (κ3) is 2.64. The predicted octanol–water partition coefficient (Wildman–Crippen LogP) is 4.33. The first-order chi connectivity index (χ1) is 13.0. The summed E-state index contributed by atoms with van der Waals surface area (Å²) in [5.74, 6) is 2.90. The molecule has 5 rings (SSSR count). The van der Waals surface area contributed by atoms with Crippen molar-refractivity contribution in [2.75, 3.05) is 6.61 Å². The fraction of sp³-hybridized carbons (Fsp3) is 0.792. The highest BCUT2D eigenvalue weighted by molar-refractivity contribution is 5.93. The van der Waals surface area contributed by atoms with Crippen LogP contribution in [0.3, 0.4) is 0 Å². The Morgan fingerprint density at radius 2 is 1.93 bits per heavy atom. The number of carbonyl (C=O) groups is 1. The van der Waals surface area contributed by atoms with E-state index < -0.39 is 5.60 Å². The van der Waals surface area contributed by atoms with E-state index in [4.69, 9.17) is 0 Å². The van der Waals surface area contributed by atoms with Gasteiger partial charge in [0.15, 0.2) is 5.78 Å². The molecule has 3 nitrogen and oxygen atoms in total. The Morgan fingerprint density at radius 1 is 1.11 bits per heavy atom. The van der Waals surface area contributed by atoms with Gasteiger partial charge in [0.05, 0.1) is 5.60 Å². The number of aliphatic hydroxyl groups is 2. The van der Waals surface area contributed by atoms with Gasteiger partial charge in [-0.2, -0.15) is 0 Å². The molecule has 3 fully saturated rings. The molecule has 5 aliphatic rings. The Balaban J connectivity index is 1.57. The minimum atomic E-state index is -0.609. The maximum atomic E-state index is 12.0. The zero-order valence-corrected chi connectivity index (χ0v) is 16.7. The minimum Gasteiger partial charge on any atom is -0.396 e. The molecule has 5 atom stereocenters. The lowest BCUT2D eigenvalue weighted by atomic mass is 9.51. The highest BCUT2D eigenvalue weighted by atomic mass is 16.3. The predicted molar refractivity (Wildman–Crippen MR) is 105 cm³/mol. The van der Waals surface area contributed by atoms with Crippen LogP contribution in [0.15, 0.2) is 22.8 Å². The van der Waals surface area contributed by atoms with Crippen molar-refractivity contribution >= 4 is 5.78 Å². The van der Waals surface area contributed by atoms with Crippen LogP contribution in [0.2, 0.25) is 0 Å². The molecule has 148 valence electrons. The second-order valence-electron chi connectivity index (χ2n) is 10.3. The molecule has 0 aromatic rings. The largest absolute Gasteiger partial charge is 0.396 e. The molecule has 5 aliphatic carbocycles. The summed E-state index contributed by atoms with van der Waals surface area (Å²) in [6.07, 6.45) is 13.1. The van der Waals surface area contributed by atoms with E-state index in [0.29, 0.717) is 36.4 Å². The van der Waals surface area contributed by atoms with Crippen LogP contribution < -0.4 is 0 Å². The zero-order chi connectivity index (χ0) is 18.8. The lowest BCUT2D eigenvalue weighted by Crippen LogP contribution is -2.52. The van der Waals surface area contributed by atoms with Gasteiger partial charge in [-0.1, -0.05) is 12.5 Å². The van der Waals surface area contributed by atoms with Crippen molar-refractivity contribution in [1.29, 1.82) is 0 Å². The van der Waals surface area contributed by atoms with Crippen molar-refractivity contribution in [3.63, 3.8) is 0 Å². The van der Waals surface area contributed by atoms with Crippen LogP contribution in [0.5, 0.6) is 0 Å². The highest BCUT2D eigenvalue weighted by Gasteiger charge is 2.63. The molecule has 0 saturated heterocycles. The molecule has 2 N–H and O–H groups in total. The summed E-state index contributed by atoms with van der Waals surface area (Å²) < 4.78 is 0. The van der Waals surface area contributed by atoms with E-state index in [1.54, 1.807) is 11.1 Å². The zero-order valence-electron chi connectivity index (χ0n) is 16.7. The second kappa shape index (κ2) is 6.29. The first-order valence-corrected chi connectivity index (χ1v) is 11.3. The van der Waals surface area contributed by atoms with E-state index in [2.05, 4.69) is 6.92 Å². The van der Waals surface area contributed by atoms with Gasteiger partial charge in [0.25, 0.3) is 0 Å². The molecule has 0 unspecified atom stereocenters. The van der Waals surface area contributed by atoms with E-state index >= 15 is 0 Å². The number of allylic oxidation sites excluding steroid dienone is 4. The van der Waals surface area contributed by atoms with Crippen LogP contribution >= 0.6 is 0 Å². The van der Waals surface area contributed by atoms with Crippen molar-refractivity contribution in [2.45, 2.75) is 83.2 Å². The van der Waals surface area contributed by atoms with E-state index in [1.807, 2.05) is 6.08 Å². The van der Waals surface area contributed by atoms with Gasteiger partial charge >= 0.3 is 0 Å². The smallest absolute Gasteiger partial charge is 0.156 e. The lowest BCUT2D eigenvalue weighted by molar-refractivity contribution is -0.115. The van der Waals surface area contributed by atoms with Gasteiger partial charge in [0, 0.05) is 18.4 Å². The van der Waals surface area contributed by atoms with Crippen LogP contribution in [0.25, 0.3) is 0 Å². The molecule has 0 heterocycles. The molecule has 27 heavy (non-hydrogen) atoms. The van der Waals surface area contributed by atoms with Gasteiger partial charge in [-0.15, -0.1) is 0 Å². The summed E-state index contributed by atoms with van der Waals surface area (Å²) in [5, 5.41) is 21.0. The monoisotopic (exact) mass is 370 g/mol. The lowest BCUT2D eigenvalue weighted by Gasteiger charge is -2.55. The summed E-state index contributed by atoms with van der Waals surface area (Å²) in [7, 11) is 0. The second-order valence-corrected chi connectivity index (χ2v) is 10.3. The number of hydrogen-bond acceptors (Lipinski definition) is 3. The number of hydrogen-bond donors (Lipinski definition) is 2. The summed E-state index contributed by atoms with van der Waals surface area (Å²) in [5.41, 5.74) is 3.99. The number of fused-ring (bicyclic) bond motifs is 4. The Labute approximate surface area is 162 Å². The fourth-order valence-corrected chi connectivity index (χ4v) is 7.52. The quantitative estimate of drug-likeness (QED) is 0.774. The van der Waals surface area contributed by atoms with Gasteiger partial charge < -0.3 is 10.2 Å². The average molecular weight is 371 g/mol. The van der Waals surface area contributed by atoms with E-state index in [0.717, 1.165) is 50.9 Å². The average Bonchev–Trinajstić information content (AvgIpc) is 3.45. The maximum Gasteiger partial charge on any atom is 0.156 e. The standard InChI is InChI=1S/C24H34O3/c1-23-14-20(15-3-4-15)22-18-8-6-17(26)13-16(18)5-7-19(22)21(23)9-11-24(23,27)10-2-12-25/h13,15,19-21,25,27H,2-12,14H2,1H3/t19-,20+,21-,23-,24-/m0/s1. The van der Waals surface area contributed by atoms with E-state index in [-0.39, 0.29) is 12.0 Å². The van der Waals surface area contributed by atoms with E-state index in [1.165, 1.54) is 18.4 Å². The van der Waals surface area contributed by atoms with Gasteiger partial charge in [-0.25, -0.2) is 0 Å². The SMILES string of the molecule is C[C@]12C[C@H](C3CC3)C3=C4CCC(=O)C=C4CC[C@H]3[C@@H]1CC[C@@]2(O)CCCO. The van der Waals surface area contributed by atoms with Gasteiger partial charge in [-0.3, -0.25) is 4.79 Å². The molecule has 3 saturated carbocycles.